The van der Waals surface area contributed by atoms with Gasteiger partial charge in [-0.2, -0.15) is 0 Å². The number of hydrogen-bond donors (Lipinski definition) is 1. The number of aromatic nitrogens is 3. The molecule has 0 aliphatic carbocycles. The Morgan fingerprint density at radius 3 is 2.57 bits per heavy atom. The van der Waals surface area contributed by atoms with Crippen molar-refractivity contribution in [2.45, 2.75) is 6.92 Å². The standard InChI is InChI=1S/C15H12Br2N4OS/c1-7-6-19-15(23-7)11-5-9(18)13(17)14(21-11)10-3-8(22-2)4-12(16)20-10/h3-6H,1-2H3,(H2,18,21). The summed E-state index contributed by atoms with van der Waals surface area (Å²) < 4.78 is 6.65. The Kier molecular flexibility index (Phi) is 4.65. The maximum Gasteiger partial charge on any atom is 0.142 e. The molecule has 3 heterocycles. The van der Waals surface area contributed by atoms with E-state index in [1.165, 1.54) is 0 Å². The summed E-state index contributed by atoms with van der Waals surface area (Å²) in [5.41, 5.74) is 8.74. The van der Waals surface area contributed by atoms with Crippen molar-refractivity contribution in [1.82, 2.24) is 15.0 Å². The zero-order valence-corrected chi connectivity index (χ0v) is 16.3. The summed E-state index contributed by atoms with van der Waals surface area (Å²) in [6.45, 7) is 2.00. The third-order valence-corrected chi connectivity index (χ3v) is 5.25. The molecule has 23 heavy (non-hydrogen) atoms. The van der Waals surface area contributed by atoms with Crippen LogP contribution in [0.4, 0.5) is 5.69 Å². The summed E-state index contributed by atoms with van der Waals surface area (Å²) in [5, 5.41) is 0.824. The number of aryl methyl sites for hydroxylation is 1. The Balaban J connectivity index is 2.19. The Hall–Kier alpha value is -1.51. The summed E-state index contributed by atoms with van der Waals surface area (Å²) in [4.78, 5) is 14.6. The van der Waals surface area contributed by atoms with E-state index in [-0.39, 0.29) is 0 Å². The van der Waals surface area contributed by atoms with E-state index >= 15 is 0 Å². The lowest BCUT2D eigenvalue weighted by Gasteiger charge is -2.10. The minimum absolute atomic E-state index is 0.582. The Bertz CT molecular complexity index is 882. The number of pyridine rings is 2. The average molecular weight is 456 g/mol. The zero-order chi connectivity index (χ0) is 16.6. The number of nitrogens with two attached hydrogens (primary N) is 1. The molecule has 3 aromatic rings. The van der Waals surface area contributed by atoms with E-state index in [2.05, 4.69) is 46.8 Å². The molecule has 0 aliphatic heterocycles. The number of thiazole rings is 1. The topological polar surface area (TPSA) is 73.9 Å². The SMILES string of the molecule is COc1cc(Br)nc(-c2nc(-c3ncc(C)s3)cc(N)c2Br)c1. The number of hydrogen-bond acceptors (Lipinski definition) is 6. The molecular weight excluding hydrogens is 444 g/mol. The maximum absolute atomic E-state index is 6.13. The van der Waals surface area contributed by atoms with Gasteiger partial charge in [-0.1, -0.05) is 0 Å². The highest BCUT2D eigenvalue weighted by Gasteiger charge is 2.16. The van der Waals surface area contributed by atoms with E-state index < -0.39 is 0 Å². The molecule has 118 valence electrons. The van der Waals surface area contributed by atoms with E-state index in [4.69, 9.17) is 10.5 Å². The molecule has 0 aliphatic rings. The number of halogens is 2. The Morgan fingerprint density at radius 1 is 1.13 bits per heavy atom. The second-order valence-corrected chi connectivity index (χ2v) is 7.59. The molecule has 0 saturated heterocycles. The number of nitrogen functional groups attached to an aromatic ring is 1. The first-order valence-corrected chi connectivity index (χ1v) is 8.99. The molecule has 0 saturated carbocycles. The summed E-state index contributed by atoms with van der Waals surface area (Å²) >= 11 is 8.46. The summed E-state index contributed by atoms with van der Waals surface area (Å²) in [7, 11) is 1.61. The lowest BCUT2D eigenvalue weighted by atomic mass is 10.2. The molecule has 2 N–H and O–H groups in total. The second kappa shape index (κ2) is 6.54. The molecule has 3 rings (SSSR count). The highest BCUT2D eigenvalue weighted by molar-refractivity contribution is 9.11. The van der Waals surface area contributed by atoms with Gasteiger partial charge in [0.15, 0.2) is 0 Å². The van der Waals surface area contributed by atoms with Crippen molar-refractivity contribution in [2.24, 2.45) is 0 Å². The van der Waals surface area contributed by atoms with E-state index in [1.807, 2.05) is 19.2 Å². The van der Waals surface area contributed by atoms with Crippen molar-refractivity contribution in [1.29, 1.82) is 0 Å². The summed E-state index contributed by atoms with van der Waals surface area (Å²) in [6.07, 6.45) is 1.82. The lowest BCUT2D eigenvalue weighted by Crippen LogP contribution is -1.98. The molecule has 8 heteroatoms. The van der Waals surface area contributed by atoms with Gasteiger partial charge in [0.25, 0.3) is 0 Å². The van der Waals surface area contributed by atoms with Crippen molar-refractivity contribution in [3.8, 4) is 27.8 Å². The molecule has 5 nitrogen and oxygen atoms in total. The van der Waals surface area contributed by atoms with Gasteiger partial charge in [0.05, 0.1) is 23.0 Å². The van der Waals surface area contributed by atoms with Crippen LogP contribution >= 0.6 is 43.2 Å². The van der Waals surface area contributed by atoms with Crippen molar-refractivity contribution in [3.63, 3.8) is 0 Å². The van der Waals surface area contributed by atoms with Crippen LogP contribution < -0.4 is 10.5 Å². The third kappa shape index (κ3) is 3.39. The normalized spacial score (nSPS) is 10.8. The van der Waals surface area contributed by atoms with Crippen LogP contribution in [0.2, 0.25) is 0 Å². The fraction of sp³-hybridized carbons (Fsp3) is 0.133. The quantitative estimate of drug-likeness (QED) is 0.579. The van der Waals surface area contributed by atoms with Crippen LogP contribution in [0.5, 0.6) is 5.75 Å². The van der Waals surface area contributed by atoms with Crippen molar-refractivity contribution in [3.05, 3.63) is 38.3 Å². The highest BCUT2D eigenvalue weighted by atomic mass is 79.9. The lowest BCUT2D eigenvalue weighted by molar-refractivity contribution is 0.414. The van der Waals surface area contributed by atoms with Crippen molar-refractivity contribution < 1.29 is 4.74 Å². The van der Waals surface area contributed by atoms with Gasteiger partial charge in [-0.05, 0) is 44.8 Å². The van der Waals surface area contributed by atoms with Crippen LogP contribution in [-0.2, 0) is 0 Å². The van der Waals surface area contributed by atoms with E-state index in [9.17, 15) is 0 Å². The van der Waals surface area contributed by atoms with Gasteiger partial charge >= 0.3 is 0 Å². The number of nitrogens with zero attached hydrogens (tertiary/aromatic N) is 3. The van der Waals surface area contributed by atoms with Gasteiger partial charge in [0.1, 0.15) is 26.7 Å². The zero-order valence-electron chi connectivity index (χ0n) is 12.3. The largest absolute Gasteiger partial charge is 0.497 e. The van der Waals surface area contributed by atoms with Gasteiger partial charge in [-0.3, -0.25) is 0 Å². The first kappa shape index (κ1) is 16.4. The smallest absolute Gasteiger partial charge is 0.142 e. The van der Waals surface area contributed by atoms with Crippen LogP contribution in [0.15, 0.2) is 33.5 Å². The Labute approximate surface area is 154 Å². The van der Waals surface area contributed by atoms with Gasteiger partial charge in [0, 0.05) is 23.2 Å². The van der Waals surface area contributed by atoms with E-state index in [1.54, 1.807) is 30.6 Å². The van der Waals surface area contributed by atoms with Crippen LogP contribution in [0.3, 0.4) is 0 Å². The van der Waals surface area contributed by atoms with Gasteiger partial charge in [-0.15, -0.1) is 11.3 Å². The van der Waals surface area contributed by atoms with Crippen LogP contribution in [0.25, 0.3) is 22.1 Å². The predicted octanol–water partition coefficient (Wildman–Crippen LogP) is 4.69. The minimum atomic E-state index is 0.582. The van der Waals surface area contributed by atoms with Crippen molar-refractivity contribution >= 4 is 48.9 Å². The number of rotatable bonds is 3. The van der Waals surface area contributed by atoms with E-state index in [0.717, 1.165) is 15.6 Å². The monoisotopic (exact) mass is 454 g/mol. The van der Waals surface area contributed by atoms with Crippen LogP contribution in [0.1, 0.15) is 4.88 Å². The molecule has 3 aromatic heterocycles. The van der Waals surface area contributed by atoms with Crippen LogP contribution in [-0.4, -0.2) is 22.1 Å². The van der Waals surface area contributed by atoms with E-state index in [0.29, 0.717) is 31.9 Å². The molecule has 0 bridgehead atoms. The first-order chi connectivity index (χ1) is 11.0. The molecule has 0 spiro atoms. The number of methoxy groups -OCH3 is 1. The Morgan fingerprint density at radius 2 is 1.91 bits per heavy atom. The molecular formula is C15H12Br2N4OS. The first-order valence-electron chi connectivity index (χ1n) is 6.58. The highest BCUT2D eigenvalue weighted by Crippen LogP contribution is 2.36. The fourth-order valence-corrected chi connectivity index (χ4v) is 3.56. The predicted molar refractivity (Wildman–Crippen MR) is 99.7 cm³/mol. The fourth-order valence-electron chi connectivity index (χ4n) is 2.01. The van der Waals surface area contributed by atoms with Gasteiger partial charge in [0.2, 0.25) is 0 Å². The number of anilines is 1. The number of ether oxygens (including phenoxy) is 1. The van der Waals surface area contributed by atoms with Crippen LogP contribution in [0, 0.1) is 6.92 Å². The second-order valence-electron chi connectivity index (χ2n) is 4.75. The maximum atomic E-state index is 6.13. The van der Waals surface area contributed by atoms with Gasteiger partial charge in [-0.25, -0.2) is 15.0 Å². The molecule has 0 radical (unpaired) electrons. The molecule has 0 unspecified atom stereocenters. The third-order valence-electron chi connectivity index (χ3n) is 3.07. The van der Waals surface area contributed by atoms with Crippen molar-refractivity contribution in [2.75, 3.05) is 12.8 Å². The summed E-state index contributed by atoms with van der Waals surface area (Å²) in [6, 6.07) is 5.41. The molecule has 0 fully saturated rings. The molecule has 0 aromatic carbocycles. The van der Waals surface area contributed by atoms with Gasteiger partial charge < -0.3 is 10.5 Å². The minimum Gasteiger partial charge on any atom is -0.497 e. The molecule has 0 atom stereocenters. The average Bonchev–Trinajstić information content (AvgIpc) is 2.95. The molecule has 0 amide bonds. The summed E-state index contributed by atoms with van der Waals surface area (Å²) in [5.74, 6) is 0.685.